The molecule has 1 aromatic carbocycles. The summed E-state index contributed by atoms with van der Waals surface area (Å²) in [5.74, 6) is -0.391. The van der Waals surface area contributed by atoms with E-state index in [0.29, 0.717) is 16.4 Å². The van der Waals surface area contributed by atoms with E-state index < -0.39 is 5.97 Å². The topological polar surface area (TPSA) is 63.2 Å². The van der Waals surface area contributed by atoms with Gasteiger partial charge in [0.15, 0.2) is 5.11 Å². The molecule has 1 aliphatic rings. The summed E-state index contributed by atoms with van der Waals surface area (Å²) < 4.78 is 4.92. The van der Waals surface area contributed by atoms with Gasteiger partial charge in [0.1, 0.15) is 0 Å². The van der Waals surface area contributed by atoms with Gasteiger partial charge in [-0.3, -0.25) is 4.98 Å². The zero-order valence-electron chi connectivity index (χ0n) is 12.2. The Kier molecular flexibility index (Phi) is 3.77. The monoisotopic (exact) mass is 313 g/mol. The van der Waals surface area contributed by atoms with Gasteiger partial charge in [-0.05, 0) is 25.2 Å². The number of pyridine rings is 1. The maximum Gasteiger partial charge on any atom is 0.337 e. The van der Waals surface area contributed by atoms with Gasteiger partial charge in [-0.1, -0.05) is 24.3 Å². The summed E-state index contributed by atoms with van der Waals surface area (Å²) in [6, 6.07) is 9.35. The van der Waals surface area contributed by atoms with Crippen molar-refractivity contribution in [2.75, 3.05) is 7.11 Å². The molecule has 0 unspecified atom stereocenters. The number of rotatable bonds is 2. The maximum atomic E-state index is 12.2. The first kappa shape index (κ1) is 14.5. The number of allylic oxidation sites excluding steroid dienone is 1. The van der Waals surface area contributed by atoms with E-state index >= 15 is 0 Å². The fourth-order valence-corrected chi connectivity index (χ4v) is 2.94. The number of fused-ring (bicyclic) bond motifs is 1. The first-order valence-corrected chi connectivity index (χ1v) is 7.23. The number of nitrogens with one attached hydrogen (secondary N) is 2. The summed E-state index contributed by atoms with van der Waals surface area (Å²) in [5.41, 5.74) is 2.92. The van der Waals surface area contributed by atoms with Crippen LogP contribution in [0.2, 0.25) is 0 Å². The van der Waals surface area contributed by atoms with Gasteiger partial charge in [0.25, 0.3) is 0 Å². The van der Waals surface area contributed by atoms with Crippen LogP contribution in [-0.4, -0.2) is 23.2 Å². The lowest BCUT2D eigenvalue weighted by molar-refractivity contribution is -0.136. The number of carbonyl (C=O) groups is 1. The highest BCUT2D eigenvalue weighted by Crippen LogP contribution is 2.31. The predicted octanol–water partition coefficient (Wildman–Crippen LogP) is 2.20. The second-order valence-corrected chi connectivity index (χ2v) is 5.39. The molecule has 0 bridgehead atoms. The minimum Gasteiger partial charge on any atom is -0.466 e. The van der Waals surface area contributed by atoms with E-state index in [1.165, 1.54) is 7.11 Å². The van der Waals surface area contributed by atoms with Crippen LogP contribution in [-0.2, 0) is 9.53 Å². The number of esters is 1. The molecular weight excluding hydrogens is 298 g/mol. The van der Waals surface area contributed by atoms with Crippen LogP contribution in [0.15, 0.2) is 47.8 Å². The Morgan fingerprint density at radius 3 is 2.86 bits per heavy atom. The van der Waals surface area contributed by atoms with Crippen LogP contribution in [0.1, 0.15) is 18.5 Å². The molecule has 0 saturated carbocycles. The van der Waals surface area contributed by atoms with E-state index in [1.807, 2.05) is 37.3 Å². The van der Waals surface area contributed by atoms with Gasteiger partial charge in [-0.25, -0.2) is 4.79 Å². The van der Waals surface area contributed by atoms with Crippen molar-refractivity contribution in [3.8, 4) is 0 Å². The van der Waals surface area contributed by atoms with Crippen molar-refractivity contribution in [3.63, 3.8) is 0 Å². The van der Waals surface area contributed by atoms with Crippen LogP contribution in [0.25, 0.3) is 10.9 Å². The van der Waals surface area contributed by atoms with Crippen LogP contribution in [0.5, 0.6) is 0 Å². The van der Waals surface area contributed by atoms with Crippen LogP contribution < -0.4 is 10.6 Å². The van der Waals surface area contributed by atoms with Gasteiger partial charge in [-0.15, -0.1) is 0 Å². The number of methoxy groups -OCH3 is 1. The number of para-hydroxylation sites is 1. The number of aromatic nitrogens is 1. The lowest BCUT2D eigenvalue weighted by Gasteiger charge is -2.30. The number of hydrogen-bond donors (Lipinski definition) is 2. The molecule has 0 amide bonds. The minimum absolute atomic E-state index is 0.389. The van der Waals surface area contributed by atoms with Crippen molar-refractivity contribution in [2.24, 2.45) is 0 Å². The van der Waals surface area contributed by atoms with E-state index in [1.54, 1.807) is 6.20 Å². The van der Waals surface area contributed by atoms with E-state index in [0.717, 1.165) is 16.5 Å². The number of nitrogens with zero attached hydrogens (tertiary/aromatic N) is 1. The summed E-state index contributed by atoms with van der Waals surface area (Å²) >= 11 is 5.23. The average Bonchev–Trinajstić information content (AvgIpc) is 2.53. The highest BCUT2D eigenvalue weighted by molar-refractivity contribution is 7.80. The number of ether oxygens (including phenoxy) is 1. The number of hydrogen-bond acceptors (Lipinski definition) is 4. The van der Waals surface area contributed by atoms with Gasteiger partial charge in [0, 0.05) is 22.8 Å². The third kappa shape index (κ3) is 2.42. The van der Waals surface area contributed by atoms with Gasteiger partial charge in [0.05, 0.1) is 24.2 Å². The quantitative estimate of drug-likeness (QED) is 0.655. The highest BCUT2D eigenvalue weighted by atomic mass is 32.1. The molecule has 112 valence electrons. The lowest BCUT2D eigenvalue weighted by Crippen LogP contribution is -2.45. The Bertz CT molecular complexity index is 796. The summed E-state index contributed by atoms with van der Waals surface area (Å²) in [6.07, 6.45) is 1.74. The van der Waals surface area contributed by atoms with E-state index in [9.17, 15) is 4.79 Å². The fraction of sp³-hybridized carbons (Fsp3) is 0.188. The molecule has 2 N–H and O–H groups in total. The molecule has 0 spiro atoms. The average molecular weight is 313 g/mol. The molecule has 3 rings (SSSR count). The summed E-state index contributed by atoms with van der Waals surface area (Å²) in [6.45, 7) is 1.81. The molecule has 1 aromatic heterocycles. The molecule has 6 heteroatoms. The first-order chi connectivity index (χ1) is 10.6. The Hall–Kier alpha value is -2.47. The fourth-order valence-electron chi connectivity index (χ4n) is 2.67. The number of benzene rings is 1. The third-order valence-corrected chi connectivity index (χ3v) is 3.87. The van der Waals surface area contributed by atoms with E-state index in [2.05, 4.69) is 15.6 Å². The zero-order chi connectivity index (χ0) is 15.7. The first-order valence-electron chi connectivity index (χ1n) is 6.82. The number of carbonyl (C=O) groups excluding carboxylic acids is 1. The van der Waals surface area contributed by atoms with Crippen molar-refractivity contribution >= 4 is 34.2 Å². The lowest BCUT2D eigenvalue weighted by atomic mass is 9.94. The summed E-state index contributed by atoms with van der Waals surface area (Å²) in [7, 11) is 1.37. The molecule has 22 heavy (non-hydrogen) atoms. The molecule has 1 atom stereocenters. The standard InChI is InChI=1S/C16H15N3O2S/c1-9-12(15(20)21-2)14(19-16(22)18-9)11-7-3-5-10-6-4-8-17-13(10)11/h3-8,14H,1-2H3,(H2,18,19,22)/t14-/m0/s1. The molecule has 2 heterocycles. The summed E-state index contributed by atoms with van der Waals surface area (Å²) in [4.78, 5) is 16.6. The van der Waals surface area contributed by atoms with Crippen LogP contribution >= 0.6 is 12.2 Å². The van der Waals surface area contributed by atoms with Crippen LogP contribution in [0.4, 0.5) is 0 Å². The van der Waals surface area contributed by atoms with Gasteiger partial charge >= 0.3 is 5.97 Å². The molecule has 0 aliphatic carbocycles. The highest BCUT2D eigenvalue weighted by Gasteiger charge is 2.31. The Morgan fingerprint density at radius 1 is 1.32 bits per heavy atom. The van der Waals surface area contributed by atoms with Crippen molar-refractivity contribution in [2.45, 2.75) is 13.0 Å². The molecule has 2 aromatic rings. The number of thiocarbonyl (C=S) groups is 1. The second kappa shape index (κ2) is 5.73. The molecule has 0 saturated heterocycles. The Morgan fingerprint density at radius 2 is 2.09 bits per heavy atom. The van der Waals surface area contributed by atoms with Crippen LogP contribution in [0.3, 0.4) is 0 Å². The smallest absolute Gasteiger partial charge is 0.337 e. The van der Waals surface area contributed by atoms with Crippen LogP contribution in [0, 0.1) is 0 Å². The normalized spacial score (nSPS) is 17.9. The van der Waals surface area contributed by atoms with Gasteiger partial charge < -0.3 is 15.4 Å². The molecule has 0 fully saturated rings. The van der Waals surface area contributed by atoms with E-state index in [-0.39, 0.29) is 6.04 Å². The minimum atomic E-state index is -0.391. The summed E-state index contributed by atoms with van der Waals surface area (Å²) in [5, 5.41) is 7.60. The molecular formula is C16H15N3O2S. The Labute approximate surface area is 133 Å². The SMILES string of the molecule is COC(=O)C1=C(C)NC(=S)N[C@H]1c1cccc2cccnc12. The largest absolute Gasteiger partial charge is 0.466 e. The van der Waals surface area contributed by atoms with Gasteiger partial charge in [0.2, 0.25) is 0 Å². The third-order valence-electron chi connectivity index (χ3n) is 3.65. The van der Waals surface area contributed by atoms with Crippen molar-refractivity contribution in [1.82, 2.24) is 15.6 Å². The Balaban J connectivity index is 2.21. The predicted molar refractivity (Wildman–Crippen MR) is 88.1 cm³/mol. The maximum absolute atomic E-state index is 12.2. The zero-order valence-corrected chi connectivity index (χ0v) is 13.0. The molecule has 0 radical (unpaired) electrons. The van der Waals surface area contributed by atoms with E-state index in [4.69, 9.17) is 17.0 Å². The van der Waals surface area contributed by atoms with Crippen molar-refractivity contribution in [1.29, 1.82) is 0 Å². The second-order valence-electron chi connectivity index (χ2n) is 4.98. The van der Waals surface area contributed by atoms with Crippen molar-refractivity contribution < 1.29 is 9.53 Å². The van der Waals surface area contributed by atoms with Gasteiger partial charge in [-0.2, -0.15) is 0 Å². The van der Waals surface area contributed by atoms with Crippen molar-refractivity contribution in [3.05, 3.63) is 53.4 Å². The molecule has 5 nitrogen and oxygen atoms in total. The molecule has 1 aliphatic heterocycles.